The third-order valence-corrected chi connectivity index (χ3v) is 2.62. The van der Waals surface area contributed by atoms with Crippen molar-refractivity contribution in [1.82, 2.24) is 15.2 Å². The summed E-state index contributed by atoms with van der Waals surface area (Å²) in [7, 11) is 0. The molecule has 0 amide bonds. The smallest absolute Gasteiger partial charge is 0.269 e. The summed E-state index contributed by atoms with van der Waals surface area (Å²) in [6.07, 6.45) is 0. The molecule has 2 rings (SSSR count). The molecule has 0 saturated heterocycles. The molecule has 19 heavy (non-hydrogen) atoms. The Morgan fingerprint density at radius 2 is 2.11 bits per heavy atom. The van der Waals surface area contributed by atoms with Crippen LogP contribution >= 0.6 is 23.2 Å². The number of nitrogens with one attached hydrogen (secondary N) is 1. The maximum atomic E-state index is 10.6. The van der Waals surface area contributed by atoms with Crippen molar-refractivity contribution in [3.05, 3.63) is 50.4 Å². The number of nitro benzene ring substituents is 1. The van der Waals surface area contributed by atoms with Crippen LogP contribution < -0.4 is 5.32 Å². The van der Waals surface area contributed by atoms with Gasteiger partial charge in [0.1, 0.15) is 0 Å². The van der Waals surface area contributed by atoms with Gasteiger partial charge in [0.2, 0.25) is 5.28 Å². The minimum Gasteiger partial charge on any atom is -0.363 e. The fourth-order valence-corrected chi connectivity index (χ4v) is 1.64. The van der Waals surface area contributed by atoms with Crippen LogP contribution in [0.25, 0.3) is 0 Å². The van der Waals surface area contributed by atoms with E-state index in [1.54, 1.807) is 12.1 Å². The Kier molecular flexibility index (Phi) is 4.08. The van der Waals surface area contributed by atoms with Crippen LogP contribution in [0.1, 0.15) is 5.56 Å². The second-order valence-electron chi connectivity index (χ2n) is 3.50. The number of hydrogen-bond donors (Lipinski definition) is 1. The fraction of sp³-hybridized carbons (Fsp3) is 0.100. The molecule has 0 bridgehead atoms. The topological polar surface area (TPSA) is 93.8 Å². The zero-order valence-corrected chi connectivity index (χ0v) is 10.9. The maximum Gasteiger partial charge on any atom is 0.269 e. The molecular weight excluding hydrogens is 293 g/mol. The second kappa shape index (κ2) is 5.77. The van der Waals surface area contributed by atoms with Gasteiger partial charge in [-0.2, -0.15) is 4.98 Å². The third kappa shape index (κ3) is 3.49. The van der Waals surface area contributed by atoms with E-state index in [2.05, 4.69) is 20.5 Å². The first-order valence-corrected chi connectivity index (χ1v) is 5.85. The van der Waals surface area contributed by atoms with Gasteiger partial charge >= 0.3 is 0 Å². The van der Waals surface area contributed by atoms with Crippen molar-refractivity contribution in [3.63, 3.8) is 0 Å². The summed E-state index contributed by atoms with van der Waals surface area (Å²) in [5.74, 6) is 0.271. The van der Waals surface area contributed by atoms with Gasteiger partial charge in [-0.3, -0.25) is 10.1 Å². The number of rotatable bonds is 4. The minimum atomic E-state index is -0.459. The van der Waals surface area contributed by atoms with E-state index in [4.69, 9.17) is 23.2 Å². The normalized spacial score (nSPS) is 10.2. The molecule has 0 saturated carbocycles. The van der Waals surface area contributed by atoms with E-state index in [1.165, 1.54) is 12.1 Å². The van der Waals surface area contributed by atoms with Crippen molar-refractivity contribution in [1.29, 1.82) is 0 Å². The van der Waals surface area contributed by atoms with Crippen LogP contribution in [0.15, 0.2) is 24.3 Å². The van der Waals surface area contributed by atoms with Crippen LogP contribution in [0.4, 0.5) is 11.5 Å². The SMILES string of the molecule is O=[N+]([O-])c1cccc(CNc2nc(Cl)nnc2Cl)c1. The summed E-state index contributed by atoms with van der Waals surface area (Å²) in [6, 6.07) is 6.21. The van der Waals surface area contributed by atoms with Gasteiger partial charge in [-0.05, 0) is 17.2 Å². The quantitative estimate of drug-likeness (QED) is 0.689. The minimum absolute atomic E-state index is 0.0178. The zero-order chi connectivity index (χ0) is 13.8. The first kappa shape index (κ1) is 13.4. The second-order valence-corrected chi connectivity index (χ2v) is 4.20. The maximum absolute atomic E-state index is 10.6. The highest BCUT2D eigenvalue weighted by molar-refractivity contribution is 6.32. The number of halogens is 2. The summed E-state index contributed by atoms with van der Waals surface area (Å²) in [4.78, 5) is 14.0. The number of anilines is 1. The van der Waals surface area contributed by atoms with Gasteiger partial charge in [0.15, 0.2) is 11.0 Å². The van der Waals surface area contributed by atoms with Crippen LogP contribution in [0.5, 0.6) is 0 Å². The molecule has 0 aliphatic heterocycles. The van der Waals surface area contributed by atoms with Crippen molar-refractivity contribution in [2.75, 3.05) is 5.32 Å². The van der Waals surface area contributed by atoms with Crippen molar-refractivity contribution < 1.29 is 4.92 Å². The Labute approximate surface area is 117 Å². The first-order valence-electron chi connectivity index (χ1n) is 5.09. The lowest BCUT2D eigenvalue weighted by Crippen LogP contribution is -2.04. The molecule has 1 aromatic carbocycles. The summed E-state index contributed by atoms with van der Waals surface area (Å²) in [5.41, 5.74) is 0.726. The van der Waals surface area contributed by atoms with Gasteiger partial charge in [-0.15, -0.1) is 10.2 Å². The molecule has 0 radical (unpaired) electrons. The van der Waals surface area contributed by atoms with Crippen molar-refractivity contribution >= 4 is 34.7 Å². The number of aromatic nitrogens is 3. The molecule has 1 N–H and O–H groups in total. The van der Waals surface area contributed by atoms with Gasteiger partial charge in [0.25, 0.3) is 5.69 Å². The zero-order valence-electron chi connectivity index (χ0n) is 9.38. The largest absolute Gasteiger partial charge is 0.363 e. The van der Waals surface area contributed by atoms with Crippen LogP contribution in [-0.2, 0) is 6.54 Å². The molecule has 2 aromatic rings. The Bertz CT molecular complexity index is 623. The van der Waals surface area contributed by atoms with Gasteiger partial charge < -0.3 is 5.32 Å². The van der Waals surface area contributed by atoms with Crippen LogP contribution in [0.2, 0.25) is 10.4 Å². The number of nitro groups is 1. The van der Waals surface area contributed by atoms with Gasteiger partial charge in [-0.1, -0.05) is 23.7 Å². The molecule has 0 aliphatic carbocycles. The van der Waals surface area contributed by atoms with E-state index in [0.29, 0.717) is 12.1 Å². The molecule has 9 heteroatoms. The van der Waals surface area contributed by atoms with E-state index >= 15 is 0 Å². The van der Waals surface area contributed by atoms with Gasteiger partial charge in [0.05, 0.1) is 4.92 Å². The fourth-order valence-electron chi connectivity index (χ4n) is 1.37. The Balaban J connectivity index is 2.12. The van der Waals surface area contributed by atoms with E-state index in [-0.39, 0.29) is 21.9 Å². The van der Waals surface area contributed by atoms with Gasteiger partial charge in [0, 0.05) is 18.7 Å². The predicted octanol–water partition coefficient (Wildman–Crippen LogP) is 2.70. The number of benzene rings is 1. The summed E-state index contributed by atoms with van der Waals surface area (Å²) in [6.45, 7) is 0.302. The Hall–Kier alpha value is -1.99. The van der Waals surface area contributed by atoms with E-state index in [0.717, 1.165) is 0 Å². The van der Waals surface area contributed by atoms with Crippen LogP contribution in [-0.4, -0.2) is 20.1 Å². The lowest BCUT2D eigenvalue weighted by molar-refractivity contribution is -0.384. The highest BCUT2D eigenvalue weighted by atomic mass is 35.5. The number of non-ortho nitro benzene ring substituents is 1. The Morgan fingerprint density at radius 3 is 2.84 bits per heavy atom. The van der Waals surface area contributed by atoms with E-state index in [1.807, 2.05) is 0 Å². The standard InChI is InChI=1S/C10H7Cl2N5O2/c11-8-9(14-10(12)16-15-8)13-5-6-2-1-3-7(4-6)17(18)19/h1-4H,5H2,(H,13,14,16). The van der Waals surface area contributed by atoms with Crippen LogP contribution in [0.3, 0.4) is 0 Å². The first-order chi connectivity index (χ1) is 9.06. The molecule has 7 nitrogen and oxygen atoms in total. The summed E-state index contributed by atoms with van der Waals surface area (Å²) < 4.78 is 0. The number of nitrogens with zero attached hydrogens (tertiary/aromatic N) is 4. The molecule has 98 valence electrons. The molecule has 0 aliphatic rings. The summed E-state index contributed by atoms with van der Waals surface area (Å²) in [5, 5.41) is 20.6. The molecule has 0 spiro atoms. The predicted molar refractivity (Wildman–Crippen MR) is 70.3 cm³/mol. The lowest BCUT2D eigenvalue weighted by atomic mass is 10.2. The van der Waals surface area contributed by atoms with Crippen molar-refractivity contribution in [2.24, 2.45) is 0 Å². The third-order valence-electron chi connectivity index (χ3n) is 2.20. The average molecular weight is 300 g/mol. The Morgan fingerprint density at radius 1 is 1.32 bits per heavy atom. The van der Waals surface area contributed by atoms with Crippen molar-refractivity contribution in [2.45, 2.75) is 6.54 Å². The molecule has 0 unspecified atom stereocenters. The van der Waals surface area contributed by atoms with Crippen LogP contribution in [0, 0.1) is 10.1 Å². The molecular formula is C10H7Cl2N5O2. The molecule has 1 aromatic heterocycles. The van der Waals surface area contributed by atoms with Crippen molar-refractivity contribution in [3.8, 4) is 0 Å². The molecule has 0 atom stereocenters. The molecule has 0 fully saturated rings. The highest BCUT2D eigenvalue weighted by Crippen LogP contribution is 2.18. The van der Waals surface area contributed by atoms with Gasteiger partial charge in [-0.25, -0.2) is 0 Å². The average Bonchev–Trinajstić information content (AvgIpc) is 2.40. The lowest BCUT2D eigenvalue weighted by Gasteiger charge is -2.06. The number of hydrogen-bond acceptors (Lipinski definition) is 6. The van der Waals surface area contributed by atoms with E-state index < -0.39 is 4.92 Å². The monoisotopic (exact) mass is 299 g/mol. The van der Waals surface area contributed by atoms with E-state index in [9.17, 15) is 10.1 Å². The molecule has 1 heterocycles. The highest BCUT2D eigenvalue weighted by Gasteiger charge is 2.08. The summed E-state index contributed by atoms with van der Waals surface area (Å²) >= 11 is 11.4.